The zero-order valence-electron chi connectivity index (χ0n) is 12.2. The lowest BCUT2D eigenvalue weighted by atomic mass is 9.84. The van der Waals surface area contributed by atoms with Gasteiger partial charge in [0.15, 0.2) is 0 Å². The van der Waals surface area contributed by atoms with Gasteiger partial charge >= 0.3 is 0 Å². The maximum atomic E-state index is 6.34. The van der Waals surface area contributed by atoms with Crippen molar-refractivity contribution >= 4 is 11.6 Å². The topological polar surface area (TPSA) is 74.3 Å². The van der Waals surface area contributed by atoms with E-state index in [-0.39, 0.29) is 12.1 Å². The van der Waals surface area contributed by atoms with E-state index in [9.17, 15) is 0 Å². The molecular weight excluding hydrogens is 280 g/mol. The highest BCUT2D eigenvalue weighted by Gasteiger charge is 2.43. The van der Waals surface area contributed by atoms with Crippen LogP contribution in [-0.4, -0.2) is 35.7 Å². The van der Waals surface area contributed by atoms with Crippen LogP contribution in [0, 0.1) is 0 Å². The summed E-state index contributed by atoms with van der Waals surface area (Å²) in [5.74, 6) is 5.82. The molecule has 0 spiro atoms. The van der Waals surface area contributed by atoms with E-state index in [1.165, 1.54) is 0 Å². The minimum absolute atomic E-state index is 0.196. The average Bonchev–Trinajstić information content (AvgIpc) is 2.83. The van der Waals surface area contributed by atoms with E-state index in [1.54, 1.807) is 13.3 Å². The van der Waals surface area contributed by atoms with Crippen molar-refractivity contribution in [2.75, 3.05) is 20.3 Å². The van der Waals surface area contributed by atoms with E-state index in [0.29, 0.717) is 18.2 Å². The summed E-state index contributed by atoms with van der Waals surface area (Å²) in [4.78, 5) is 0. The van der Waals surface area contributed by atoms with Gasteiger partial charge < -0.3 is 9.47 Å². The first-order chi connectivity index (χ1) is 9.55. The molecule has 1 aliphatic heterocycles. The molecule has 2 rings (SSSR count). The summed E-state index contributed by atoms with van der Waals surface area (Å²) in [6.45, 7) is 5.42. The van der Waals surface area contributed by atoms with Crippen molar-refractivity contribution in [1.82, 2.24) is 15.2 Å². The Morgan fingerprint density at radius 3 is 2.65 bits per heavy atom. The van der Waals surface area contributed by atoms with E-state index in [2.05, 4.69) is 24.4 Å². The van der Waals surface area contributed by atoms with Crippen LogP contribution < -0.4 is 11.3 Å². The fourth-order valence-electron chi connectivity index (χ4n) is 2.84. The summed E-state index contributed by atoms with van der Waals surface area (Å²) < 4.78 is 13.2. The van der Waals surface area contributed by atoms with Crippen molar-refractivity contribution in [3.63, 3.8) is 0 Å². The van der Waals surface area contributed by atoms with Gasteiger partial charge in [-0.3, -0.25) is 10.5 Å². The molecule has 0 aliphatic carbocycles. The first-order valence-electron chi connectivity index (χ1n) is 6.87. The third-order valence-electron chi connectivity index (χ3n) is 3.99. The minimum atomic E-state index is -0.427. The lowest BCUT2D eigenvalue weighted by molar-refractivity contribution is -0.113. The molecule has 2 heterocycles. The van der Waals surface area contributed by atoms with Gasteiger partial charge in [0.25, 0.3) is 0 Å². The Hall–Kier alpha value is -0.660. The zero-order valence-corrected chi connectivity index (χ0v) is 13.0. The normalized spacial score (nSPS) is 20.3. The minimum Gasteiger partial charge on any atom is -0.381 e. The van der Waals surface area contributed by atoms with Crippen LogP contribution >= 0.6 is 11.6 Å². The molecular formula is C13H23ClN4O2. The molecule has 0 aromatic carbocycles. The monoisotopic (exact) mass is 302 g/mol. The highest BCUT2D eigenvalue weighted by atomic mass is 35.5. The fourth-order valence-corrected chi connectivity index (χ4v) is 3.08. The quantitative estimate of drug-likeness (QED) is 0.641. The van der Waals surface area contributed by atoms with Gasteiger partial charge in [0, 0.05) is 39.2 Å². The van der Waals surface area contributed by atoms with Gasteiger partial charge in [0.2, 0.25) is 0 Å². The van der Waals surface area contributed by atoms with Gasteiger partial charge in [-0.2, -0.15) is 5.10 Å². The van der Waals surface area contributed by atoms with Crippen LogP contribution in [0.5, 0.6) is 0 Å². The number of ether oxygens (including phenoxy) is 2. The number of methoxy groups -OCH3 is 1. The number of nitrogens with two attached hydrogens (primary N) is 1. The SMILES string of the molecule is COC1(C(NN)c2c(Cl)cnn2C(C)C)CCOCC1. The molecule has 1 saturated heterocycles. The van der Waals surface area contributed by atoms with E-state index in [1.807, 2.05) is 4.68 Å². The van der Waals surface area contributed by atoms with Gasteiger partial charge in [0.1, 0.15) is 0 Å². The van der Waals surface area contributed by atoms with E-state index in [4.69, 9.17) is 26.9 Å². The lowest BCUT2D eigenvalue weighted by Crippen LogP contribution is -2.52. The zero-order chi connectivity index (χ0) is 14.8. The van der Waals surface area contributed by atoms with Crippen LogP contribution in [0.1, 0.15) is 44.5 Å². The van der Waals surface area contributed by atoms with Crippen molar-refractivity contribution in [2.45, 2.75) is 44.4 Å². The molecule has 1 atom stereocenters. The van der Waals surface area contributed by atoms with Crippen molar-refractivity contribution < 1.29 is 9.47 Å². The van der Waals surface area contributed by atoms with Gasteiger partial charge in [-0.15, -0.1) is 0 Å². The summed E-state index contributed by atoms with van der Waals surface area (Å²) >= 11 is 6.34. The van der Waals surface area contributed by atoms with E-state index in [0.717, 1.165) is 18.5 Å². The fraction of sp³-hybridized carbons (Fsp3) is 0.769. The molecule has 0 bridgehead atoms. The first-order valence-corrected chi connectivity index (χ1v) is 7.25. The van der Waals surface area contributed by atoms with Crippen molar-refractivity contribution in [2.24, 2.45) is 5.84 Å². The molecule has 3 N–H and O–H groups in total. The largest absolute Gasteiger partial charge is 0.381 e. The van der Waals surface area contributed by atoms with Crippen molar-refractivity contribution in [3.8, 4) is 0 Å². The Balaban J connectivity index is 2.43. The molecule has 1 aromatic rings. The van der Waals surface area contributed by atoms with Gasteiger partial charge in [-0.1, -0.05) is 11.6 Å². The number of halogens is 1. The molecule has 0 saturated carbocycles. The number of hydrogen-bond donors (Lipinski definition) is 2. The molecule has 1 unspecified atom stereocenters. The Labute approximate surface area is 124 Å². The summed E-state index contributed by atoms with van der Waals surface area (Å²) in [5.41, 5.74) is 3.32. The number of hydrogen-bond acceptors (Lipinski definition) is 5. The number of rotatable bonds is 5. The second-order valence-electron chi connectivity index (χ2n) is 5.40. The third kappa shape index (κ3) is 2.71. The van der Waals surface area contributed by atoms with E-state index < -0.39 is 5.60 Å². The van der Waals surface area contributed by atoms with Crippen LogP contribution in [-0.2, 0) is 9.47 Å². The van der Waals surface area contributed by atoms with Gasteiger partial charge in [-0.25, -0.2) is 5.43 Å². The molecule has 1 aliphatic rings. The summed E-state index contributed by atoms with van der Waals surface area (Å²) in [6.07, 6.45) is 3.18. The second kappa shape index (κ2) is 6.41. The summed E-state index contributed by atoms with van der Waals surface area (Å²) in [5, 5.41) is 4.95. The maximum Gasteiger partial charge on any atom is 0.0944 e. The van der Waals surface area contributed by atoms with Crippen molar-refractivity contribution in [3.05, 3.63) is 16.9 Å². The third-order valence-corrected chi connectivity index (χ3v) is 4.28. The lowest BCUT2D eigenvalue weighted by Gasteiger charge is -2.42. The molecule has 6 nitrogen and oxygen atoms in total. The Bertz CT molecular complexity index is 444. The molecule has 0 radical (unpaired) electrons. The molecule has 1 fully saturated rings. The number of nitrogens with zero attached hydrogens (tertiary/aromatic N) is 2. The number of nitrogens with one attached hydrogen (secondary N) is 1. The smallest absolute Gasteiger partial charge is 0.0944 e. The van der Waals surface area contributed by atoms with Crippen molar-refractivity contribution in [1.29, 1.82) is 0 Å². The van der Waals surface area contributed by atoms with Crippen LogP contribution in [0.4, 0.5) is 0 Å². The second-order valence-corrected chi connectivity index (χ2v) is 5.80. The Kier molecular flexibility index (Phi) is 5.04. The molecule has 20 heavy (non-hydrogen) atoms. The number of aromatic nitrogens is 2. The van der Waals surface area contributed by atoms with Crippen LogP contribution in [0.3, 0.4) is 0 Å². The van der Waals surface area contributed by atoms with Gasteiger partial charge in [-0.05, 0) is 13.8 Å². The van der Waals surface area contributed by atoms with Crippen LogP contribution in [0.15, 0.2) is 6.20 Å². The number of hydrazine groups is 1. The highest BCUT2D eigenvalue weighted by molar-refractivity contribution is 6.31. The van der Waals surface area contributed by atoms with Gasteiger partial charge in [0.05, 0.1) is 28.6 Å². The molecule has 1 aromatic heterocycles. The summed E-state index contributed by atoms with van der Waals surface area (Å²) in [6, 6.07) is -0.0316. The Morgan fingerprint density at radius 1 is 1.50 bits per heavy atom. The predicted molar refractivity (Wildman–Crippen MR) is 77.5 cm³/mol. The average molecular weight is 303 g/mol. The standard InChI is InChI=1S/C13H23ClN4O2/c1-9(2)18-11(10(14)8-16-18)12(17-15)13(19-3)4-6-20-7-5-13/h8-9,12,17H,4-7,15H2,1-3H3. The maximum absolute atomic E-state index is 6.34. The molecule has 0 amide bonds. The Morgan fingerprint density at radius 2 is 2.15 bits per heavy atom. The summed E-state index contributed by atoms with van der Waals surface area (Å²) in [7, 11) is 1.71. The highest BCUT2D eigenvalue weighted by Crippen LogP contribution is 2.39. The molecule has 7 heteroatoms. The van der Waals surface area contributed by atoms with Crippen LogP contribution in [0.2, 0.25) is 5.02 Å². The van der Waals surface area contributed by atoms with E-state index >= 15 is 0 Å². The first kappa shape index (κ1) is 15.7. The molecule has 114 valence electrons. The van der Waals surface area contributed by atoms with Crippen LogP contribution in [0.25, 0.3) is 0 Å². The predicted octanol–water partition coefficient (Wildman–Crippen LogP) is 1.82.